The van der Waals surface area contributed by atoms with Crippen LogP contribution in [0.3, 0.4) is 0 Å². The Labute approximate surface area is 78.5 Å². The molecule has 13 heavy (non-hydrogen) atoms. The number of hydrogen-bond donors (Lipinski definition) is 1. The van der Waals surface area contributed by atoms with Gasteiger partial charge >= 0.3 is 0 Å². The molecule has 0 spiro atoms. The van der Waals surface area contributed by atoms with Gasteiger partial charge in [-0.2, -0.15) is 0 Å². The molecule has 0 aromatic heterocycles. The summed E-state index contributed by atoms with van der Waals surface area (Å²) >= 11 is 0. The fourth-order valence-corrected chi connectivity index (χ4v) is 1.70. The highest BCUT2D eigenvalue weighted by Crippen LogP contribution is 2.12. The molecular weight excluding hydrogens is 170 g/mol. The molecule has 0 bridgehead atoms. The van der Waals surface area contributed by atoms with E-state index in [1.165, 1.54) is 0 Å². The van der Waals surface area contributed by atoms with Gasteiger partial charge < -0.3 is 14.7 Å². The molecule has 0 aromatic rings. The number of ether oxygens (including phenoxy) is 1. The summed E-state index contributed by atoms with van der Waals surface area (Å²) in [6.07, 6.45) is 0.315. The van der Waals surface area contributed by atoms with Gasteiger partial charge in [-0.15, -0.1) is 0 Å². The zero-order valence-corrected chi connectivity index (χ0v) is 8.19. The molecule has 1 saturated heterocycles. The lowest BCUT2D eigenvalue weighted by Gasteiger charge is -2.35. The van der Waals surface area contributed by atoms with Crippen molar-refractivity contribution in [2.75, 3.05) is 19.8 Å². The summed E-state index contributed by atoms with van der Waals surface area (Å²) in [6, 6.07) is -0.0589. The van der Waals surface area contributed by atoms with Crippen LogP contribution in [0.25, 0.3) is 0 Å². The summed E-state index contributed by atoms with van der Waals surface area (Å²) in [5.41, 5.74) is 0. The SMILES string of the molecule is CC[C@@H]([C@H](C)O)N1CCOCC1=O. The van der Waals surface area contributed by atoms with E-state index in [2.05, 4.69) is 0 Å². The summed E-state index contributed by atoms with van der Waals surface area (Å²) in [6.45, 7) is 5.03. The first-order valence-electron chi connectivity index (χ1n) is 4.72. The second kappa shape index (κ2) is 4.58. The molecule has 4 nitrogen and oxygen atoms in total. The van der Waals surface area contributed by atoms with Crippen LogP contribution in [0.15, 0.2) is 0 Å². The molecule has 0 aliphatic carbocycles. The molecule has 76 valence electrons. The maximum absolute atomic E-state index is 11.4. The van der Waals surface area contributed by atoms with Gasteiger partial charge in [0.2, 0.25) is 5.91 Å². The van der Waals surface area contributed by atoms with Gasteiger partial charge in [-0.25, -0.2) is 0 Å². The molecule has 1 aliphatic rings. The topological polar surface area (TPSA) is 49.8 Å². The van der Waals surface area contributed by atoms with Crippen molar-refractivity contribution in [3.63, 3.8) is 0 Å². The molecule has 1 aliphatic heterocycles. The van der Waals surface area contributed by atoms with Crippen molar-refractivity contribution in [3.05, 3.63) is 0 Å². The molecule has 1 amide bonds. The fourth-order valence-electron chi connectivity index (χ4n) is 1.70. The van der Waals surface area contributed by atoms with E-state index in [0.717, 1.165) is 6.42 Å². The normalized spacial score (nSPS) is 23.0. The molecule has 4 heteroatoms. The maximum Gasteiger partial charge on any atom is 0.248 e. The van der Waals surface area contributed by atoms with Gasteiger partial charge in [0.1, 0.15) is 6.61 Å². The number of morpholine rings is 1. The van der Waals surface area contributed by atoms with Crippen molar-refractivity contribution in [1.82, 2.24) is 4.90 Å². The summed E-state index contributed by atoms with van der Waals surface area (Å²) in [4.78, 5) is 13.1. The molecule has 1 N–H and O–H groups in total. The molecular formula is C9H17NO3. The largest absolute Gasteiger partial charge is 0.391 e. The van der Waals surface area contributed by atoms with Crippen LogP contribution in [0.4, 0.5) is 0 Å². The number of rotatable bonds is 3. The first kappa shape index (κ1) is 10.5. The van der Waals surface area contributed by atoms with Crippen LogP contribution in [0, 0.1) is 0 Å². The number of carbonyl (C=O) groups excluding carboxylic acids is 1. The van der Waals surface area contributed by atoms with Crippen molar-refractivity contribution in [2.24, 2.45) is 0 Å². The number of aliphatic hydroxyl groups excluding tert-OH is 1. The van der Waals surface area contributed by atoms with E-state index >= 15 is 0 Å². The minimum absolute atomic E-state index is 0.0148. The third-order valence-corrected chi connectivity index (χ3v) is 2.40. The van der Waals surface area contributed by atoms with E-state index in [1.54, 1.807) is 11.8 Å². The summed E-state index contributed by atoms with van der Waals surface area (Å²) < 4.78 is 5.01. The third kappa shape index (κ3) is 2.42. The van der Waals surface area contributed by atoms with E-state index in [-0.39, 0.29) is 18.6 Å². The average molecular weight is 187 g/mol. The van der Waals surface area contributed by atoms with Crippen molar-refractivity contribution < 1.29 is 14.6 Å². The highest BCUT2D eigenvalue weighted by Gasteiger charge is 2.28. The maximum atomic E-state index is 11.4. The highest BCUT2D eigenvalue weighted by atomic mass is 16.5. The first-order valence-corrected chi connectivity index (χ1v) is 4.72. The molecule has 1 fully saturated rings. The molecule has 0 saturated carbocycles. The first-order chi connectivity index (χ1) is 6.16. The van der Waals surface area contributed by atoms with Gasteiger partial charge in [0.05, 0.1) is 18.8 Å². The van der Waals surface area contributed by atoms with Crippen molar-refractivity contribution in [2.45, 2.75) is 32.4 Å². The van der Waals surface area contributed by atoms with E-state index in [9.17, 15) is 9.90 Å². The Balaban J connectivity index is 2.60. The quantitative estimate of drug-likeness (QED) is 0.677. The van der Waals surface area contributed by atoms with E-state index < -0.39 is 6.10 Å². The lowest BCUT2D eigenvalue weighted by molar-refractivity contribution is -0.148. The second-order valence-corrected chi connectivity index (χ2v) is 3.36. The zero-order chi connectivity index (χ0) is 9.84. The van der Waals surface area contributed by atoms with Crippen molar-refractivity contribution >= 4 is 5.91 Å². The monoisotopic (exact) mass is 187 g/mol. The van der Waals surface area contributed by atoms with Crippen LogP contribution in [-0.2, 0) is 9.53 Å². The zero-order valence-electron chi connectivity index (χ0n) is 8.19. The van der Waals surface area contributed by atoms with Crippen LogP contribution in [-0.4, -0.2) is 47.8 Å². The Morgan fingerprint density at radius 2 is 2.38 bits per heavy atom. The Bertz CT molecular complexity index is 182. The molecule has 1 heterocycles. The van der Waals surface area contributed by atoms with Crippen molar-refractivity contribution in [1.29, 1.82) is 0 Å². The highest BCUT2D eigenvalue weighted by molar-refractivity contribution is 5.78. The predicted molar refractivity (Wildman–Crippen MR) is 48.3 cm³/mol. The van der Waals surface area contributed by atoms with E-state index in [4.69, 9.17) is 4.74 Å². The molecule has 0 aromatic carbocycles. The van der Waals surface area contributed by atoms with Gasteiger partial charge in [-0.1, -0.05) is 6.92 Å². The Morgan fingerprint density at radius 3 is 2.85 bits per heavy atom. The predicted octanol–water partition coefficient (Wildman–Crippen LogP) is 0.00460. The third-order valence-electron chi connectivity index (χ3n) is 2.40. The lowest BCUT2D eigenvalue weighted by atomic mass is 10.1. The Hall–Kier alpha value is -0.610. The number of aliphatic hydroxyl groups is 1. The minimum atomic E-state index is -0.466. The van der Waals surface area contributed by atoms with Gasteiger partial charge in [-0.3, -0.25) is 4.79 Å². The molecule has 2 atom stereocenters. The number of hydrogen-bond acceptors (Lipinski definition) is 3. The molecule has 1 rings (SSSR count). The molecule has 0 unspecified atom stereocenters. The van der Waals surface area contributed by atoms with Gasteiger partial charge in [0.15, 0.2) is 0 Å². The second-order valence-electron chi connectivity index (χ2n) is 3.36. The van der Waals surface area contributed by atoms with Crippen LogP contribution in [0.2, 0.25) is 0 Å². The van der Waals surface area contributed by atoms with Gasteiger partial charge in [0, 0.05) is 6.54 Å². The number of carbonyl (C=O) groups is 1. The number of nitrogens with zero attached hydrogens (tertiary/aromatic N) is 1. The van der Waals surface area contributed by atoms with Crippen molar-refractivity contribution in [3.8, 4) is 0 Å². The van der Waals surface area contributed by atoms with E-state index in [0.29, 0.717) is 13.2 Å². The van der Waals surface area contributed by atoms with Crippen LogP contribution in [0.1, 0.15) is 20.3 Å². The smallest absolute Gasteiger partial charge is 0.248 e. The van der Waals surface area contributed by atoms with Crippen LogP contribution in [0.5, 0.6) is 0 Å². The minimum Gasteiger partial charge on any atom is -0.391 e. The van der Waals surface area contributed by atoms with Crippen LogP contribution >= 0.6 is 0 Å². The standard InChI is InChI=1S/C9H17NO3/c1-3-8(7(2)11)10-4-5-13-6-9(10)12/h7-8,11H,3-6H2,1-2H3/t7-,8-/m0/s1. The number of amides is 1. The summed E-state index contributed by atoms with van der Waals surface area (Å²) in [5.74, 6) is -0.0148. The lowest BCUT2D eigenvalue weighted by Crippen LogP contribution is -2.51. The van der Waals surface area contributed by atoms with Gasteiger partial charge in [0.25, 0.3) is 0 Å². The Morgan fingerprint density at radius 1 is 1.69 bits per heavy atom. The van der Waals surface area contributed by atoms with E-state index in [1.807, 2.05) is 6.92 Å². The average Bonchev–Trinajstić information content (AvgIpc) is 2.09. The summed E-state index contributed by atoms with van der Waals surface area (Å²) in [5, 5.41) is 9.45. The molecule has 0 radical (unpaired) electrons. The Kier molecular flexibility index (Phi) is 3.69. The van der Waals surface area contributed by atoms with Gasteiger partial charge in [-0.05, 0) is 13.3 Å². The fraction of sp³-hybridized carbons (Fsp3) is 0.889. The van der Waals surface area contributed by atoms with Crippen LogP contribution < -0.4 is 0 Å². The summed E-state index contributed by atoms with van der Waals surface area (Å²) in [7, 11) is 0.